The van der Waals surface area contributed by atoms with Crippen LogP contribution in [-0.2, 0) is 0 Å². The van der Waals surface area contributed by atoms with Crippen LogP contribution < -0.4 is 5.73 Å². The Bertz CT molecular complexity index is 265. The van der Waals surface area contributed by atoms with E-state index in [1.165, 1.54) is 6.07 Å². The van der Waals surface area contributed by atoms with Gasteiger partial charge in [-0.1, -0.05) is 11.6 Å². The summed E-state index contributed by atoms with van der Waals surface area (Å²) in [6.45, 7) is 0. The molecule has 1 rings (SSSR count). The molecule has 1 aromatic rings. The van der Waals surface area contributed by atoms with Gasteiger partial charge < -0.3 is 5.73 Å². The Hall–Kier alpha value is -0.900. The molecule has 0 aliphatic carbocycles. The largest absolute Gasteiger partial charge is 0.384 e. The molecule has 60 valence electrons. The number of anilines is 1. The van der Waals surface area contributed by atoms with Gasteiger partial charge in [0, 0.05) is 0 Å². The van der Waals surface area contributed by atoms with E-state index in [0.29, 0.717) is 0 Å². The van der Waals surface area contributed by atoms with Crippen molar-refractivity contribution in [2.24, 2.45) is 0 Å². The molecule has 0 amide bonds. The van der Waals surface area contributed by atoms with Gasteiger partial charge in [-0.25, -0.2) is 13.8 Å². The van der Waals surface area contributed by atoms with Crippen LogP contribution in [0.1, 0.15) is 12.0 Å². The number of nitrogens with two attached hydrogens (primary N) is 1. The van der Waals surface area contributed by atoms with Gasteiger partial charge in [-0.05, 0) is 12.1 Å². The van der Waals surface area contributed by atoms with Crippen molar-refractivity contribution in [3.8, 4) is 0 Å². The molecule has 0 radical (unpaired) electrons. The Morgan fingerprint density at radius 1 is 1.45 bits per heavy atom. The molecule has 0 fully saturated rings. The highest BCUT2D eigenvalue weighted by molar-refractivity contribution is 6.30. The molecule has 0 spiro atoms. The third kappa shape index (κ3) is 1.77. The number of hydrogen-bond donors (Lipinski definition) is 1. The maximum atomic E-state index is 12.0. The quantitative estimate of drug-likeness (QED) is 0.670. The molecular weight excluding hydrogens is 174 g/mol. The maximum absolute atomic E-state index is 12.0. The second-order valence-electron chi connectivity index (χ2n) is 1.92. The number of aromatic nitrogens is 1. The number of nitrogens with zero attached hydrogens (tertiary/aromatic N) is 1. The Morgan fingerprint density at radius 3 is 2.55 bits per heavy atom. The molecule has 2 N–H and O–H groups in total. The summed E-state index contributed by atoms with van der Waals surface area (Å²) in [5.74, 6) is 0.138. The minimum Gasteiger partial charge on any atom is -0.384 e. The van der Waals surface area contributed by atoms with Crippen LogP contribution >= 0.6 is 11.6 Å². The van der Waals surface area contributed by atoms with Gasteiger partial charge >= 0.3 is 0 Å². The number of halogens is 3. The first-order valence-corrected chi connectivity index (χ1v) is 3.19. The second-order valence-corrected chi connectivity index (χ2v) is 2.27. The molecule has 0 saturated heterocycles. The molecule has 1 aromatic heterocycles. The van der Waals surface area contributed by atoms with E-state index in [0.717, 1.165) is 6.07 Å². The zero-order chi connectivity index (χ0) is 8.43. The van der Waals surface area contributed by atoms with Crippen molar-refractivity contribution in [3.63, 3.8) is 0 Å². The van der Waals surface area contributed by atoms with Crippen LogP contribution in [0.25, 0.3) is 0 Å². The van der Waals surface area contributed by atoms with Gasteiger partial charge in [-0.15, -0.1) is 0 Å². The van der Waals surface area contributed by atoms with E-state index in [1.807, 2.05) is 0 Å². The minimum absolute atomic E-state index is 0.138. The van der Waals surface area contributed by atoms with Gasteiger partial charge in [-0.2, -0.15) is 0 Å². The van der Waals surface area contributed by atoms with Gasteiger partial charge in [0.25, 0.3) is 6.43 Å². The second kappa shape index (κ2) is 3.00. The van der Waals surface area contributed by atoms with Crippen LogP contribution in [0.3, 0.4) is 0 Å². The van der Waals surface area contributed by atoms with Crippen molar-refractivity contribution >= 4 is 17.4 Å². The van der Waals surface area contributed by atoms with E-state index < -0.39 is 6.43 Å². The topological polar surface area (TPSA) is 38.9 Å². The highest BCUT2D eigenvalue weighted by Crippen LogP contribution is 2.25. The van der Waals surface area contributed by atoms with E-state index in [9.17, 15) is 8.78 Å². The van der Waals surface area contributed by atoms with E-state index in [-0.39, 0.29) is 16.5 Å². The third-order valence-electron chi connectivity index (χ3n) is 1.13. The Balaban J connectivity index is 3.09. The molecular formula is C6H5ClF2N2. The van der Waals surface area contributed by atoms with E-state index in [2.05, 4.69) is 4.98 Å². The lowest BCUT2D eigenvalue weighted by Crippen LogP contribution is -1.94. The summed E-state index contributed by atoms with van der Waals surface area (Å²) in [6, 6.07) is 2.45. The Kier molecular flexibility index (Phi) is 2.24. The van der Waals surface area contributed by atoms with Gasteiger partial charge in [0.15, 0.2) is 0 Å². The fourth-order valence-corrected chi connectivity index (χ4v) is 0.865. The Morgan fingerprint density at radius 2 is 2.09 bits per heavy atom. The van der Waals surface area contributed by atoms with Crippen LogP contribution in [0.4, 0.5) is 14.6 Å². The first kappa shape index (κ1) is 8.20. The molecule has 5 heteroatoms. The maximum Gasteiger partial charge on any atom is 0.266 e. The fourth-order valence-electron chi connectivity index (χ4n) is 0.622. The summed E-state index contributed by atoms with van der Waals surface area (Å²) < 4.78 is 24.0. The molecule has 0 unspecified atom stereocenters. The third-order valence-corrected chi connectivity index (χ3v) is 1.44. The summed E-state index contributed by atoms with van der Waals surface area (Å²) in [5, 5.41) is -0.236. The normalized spacial score (nSPS) is 10.5. The summed E-state index contributed by atoms with van der Waals surface area (Å²) in [7, 11) is 0. The van der Waals surface area contributed by atoms with Crippen molar-refractivity contribution in [1.29, 1.82) is 0 Å². The minimum atomic E-state index is -2.60. The van der Waals surface area contributed by atoms with Crippen molar-refractivity contribution in [3.05, 3.63) is 22.8 Å². The molecule has 2 nitrogen and oxygen atoms in total. The average molecular weight is 179 g/mol. The molecule has 0 bridgehead atoms. The molecule has 0 saturated carbocycles. The van der Waals surface area contributed by atoms with Gasteiger partial charge in [0.1, 0.15) is 11.0 Å². The van der Waals surface area contributed by atoms with Gasteiger partial charge in [0.2, 0.25) is 0 Å². The predicted octanol–water partition coefficient (Wildman–Crippen LogP) is 2.25. The monoisotopic (exact) mass is 178 g/mol. The smallest absolute Gasteiger partial charge is 0.266 e. The lowest BCUT2D eigenvalue weighted by molar-refractivity contribution is 0.151. The van der Waals surface area contributed by atoms with Crippen molar-refractivity contribution < 1.29 is 8.78 Å². The predicted molar refractivity (Wildman–Crippen MR) is 38.6 cm³/mol. The first-order chi connectivity index (χ1) is 5.11. The average Bonchev–Trinajstić information content (AvgIpc) is 1.85. The summed E-state index contributed by atoms with van der Waals surface area (Å²) in [4.78, 5) is 3.46. The van der Waals surface area contributed by atoms with Crippen molar-refractivity contribution in [1.82, 2.24) is 4.98 Å². The molecule has 1 heterocycles. The Labute approximate surface area is 67.0 Å². The van der Waals surface area contributed by atoms with Gasteiger partial charge in [0.05, 0.1) is 5.56 Å². The lowest BCUT2D eigenvalue weighted by atomic mass is 10.3. The standard InChI is InChI=1S/C6H5ClF2N2/c7-5-3(6(8)9)1-2-4(10)11-5/h1-2,6H,(H2,10,11). The molecule has 11 heavy (non-hydrogen) atoms. The number of nitrogen functional groups attached to an aromatic ring is 1. The first-order valence-electron chi connectivity index (χ1n) is 2.81. The van der Waals surface area contributed by atoms with Crippen LogP contribution in [-0.4, -0.2) is 4.98 Å². The summed E-state index contributed by atoms with van der Waals surface area (Å²) in [6.07, 6.45) is -2.60. The zero-order valence-corrected chi connectivity index (χ0v) is 6.15. The molecule has 0 aliphatic heterocycles. The number of pyridine rings is 1. The van der Waals surface area contributed by atoms with E-state index in [1.54, 1.807) is 0 Å². The van der Waals surface area contributed by atoms with Crippen LogP contribution in [0.5, 0.6) is 0 Å². The van der Waals surface area contributed by atoms with Crippen molar-refractivity contribution in [2.75, 3.05) is 5.73 Å². The zero-order valence-electron chi connectivity index (χ0n) is 5.39. The van der Waals surface area contributed by atoms with E-state index in [4.69, 9.17) is 17.3 Å². The molecule has 0 aliphatic rings. The SMILES string of the molecule is Nc1ccc(C(F)F)c(Cl)n1. The van der Waals surface area contributed by atoms with Crippen LogP contribution in [0.15, 0.2) is 12.1 Å². The van der Waals surface area contributed by atoms with Crippen LogP contribution in [0.2, 0.25) is 5.15 Å². The van der Waals surface area contributed by atoms with Crippen LogP contribution in [0, 0.1) is 0 Å². The lowest BCUT2D eigenvalue weighted by Gasteiger charge is -2.01. The fraction of sp³-hybridized carbons (Fsp3) is 0.167. The number of rotatable bonds is 1. The molecule has 0 atom stereocenters. The highest BCUT2D eigenvalue weighted by atomic mass is 35.5. The summed E-state index contributed by atoms with van der Waals surface area (Å²) >= 11 is 5.35. The number of hydrogen-bond acceptors (Lipinski definition) is 2. The van der Waals surface area contributed by atoms with Crippen molar-refractivity contribution in [2.45, 2.75) is 6.43 Å². The summed E-state index contributed by atoms with van der Waals surface area (Å²) in [5.41, 5.74) is 4.90. The molecule has 0 aromatic carbocycles. The highest BCUT2D eigenvalue weighted by Gasteiger charge is 2.12. The van der Waals surface area contributed by atoms with E-state index >= 15 is 0 Å². The van der Waals surface area contributed by atoms with Gasteiger partial charge in [-0.3, -0.25) is 0 Å². The number of alkyl halides is 2.